The zero-order chi connectivity index (χ0) is 29.2. The zero-order valence-corrected chi connectivity index (χ0v) is 22.2. The maximum Gasteiger partial charge on any atom is 0.335 e. The van der Waals surface area contributed by atoms with Crippen molar-refractivity contribution < 1.29 is 33.0 Å². The van der Waals surface area contributed by atoms with Crippen LogP contribution in [0.3, 0.4) is 0 Å². The summed E-state index contributed by atoms with van der Waals surface area (Å²) in [5, 5.41) is 13.7. The van der Waals surface area contributed by atoms with E-state index in [0.717, 1.165) is 24.8 Å². The highest BCUT2D eigenvalue weighted by Crippen LogP contribution is 2.29. The first-order chi connectivity index (χ1) is 20.4. The van der Waals surface area contributed by atoms with Gasteiger partial charge in [-0.05, 0) is 54.4 Å². The van der Waals surface area contributed by atoms with E-state index in [9.17, 15) is 14.7 Å². The molecule has 6 rings (SSSR count). The van der Waals surface area contributed by atoms with Gasteiger partial charge in [0.2, 0.25) is 5.88 Å². The monoisotopic (exact) mass is 573 g/mol. The van der Waals surface area contributed by atoms with Crippen LogP contribution in [0.2, 0.25) is 0 Å². The molecule has 0 amide bonds. The molecule has 0 aliphatic carbocycles. The molecule has 42 heavy (non-hydrogen) atoms. The predicted molar refractivity (Wildman–Crippen MR) is 146 cm³/mol. The van der Waals surface area contributed by atoms with Crippen molar-refractivity contribution in [1.29, 1.82) is 0 Å². The second kappa shape index (κ2) is 11.5. The lowest BCUT2D eigenvalue weighted by Gasteiger charge is -2.27. The van der Waals surface area contributed by atoms with Gasteiger partial charge in [-0.3, -0.25) is 4.68 Å². The molecule has 0 saturated carbocycles. The van der Waals surface area contributed by atoms with Gasteiger partial charge in [-0.15, -0.1) is 0 Å². The minimum atomic E-state index is -1.07. The third-order valence-electron chi connectivity index (χ3n) is 7.06. The molecule has 1 aliphatic rings. The molecular formula is C30H25F2N5O5. The van der Waals surface area contributed by atoms with Crippen LogP contribution in [0, 0.1) is 11.6 Å². The van der Waals surface area contributed by atoms with Crippen LogP contribution in [-0.4, -0.2) is 54.4 Å². The number of aromatic nitrogens is 5. The Labute approximate surface area is 238 Å². The van der Waals surface area contributed by atoms with Crippen molar-refractivity contribution >= 4 is 23.3 Å². The number of halogens is 2. The molecule has 4 heterocycles. The summed E-state index contributed by atoms with van der Waals surface area (Å²) in [7, 11) is 0. The minimum absolute atomic E-state index is 0.0137. The number of aldehydes is 1. The van der Waals surface area contributed by atoms with Gasteiger partial charge in [-0.2, -0.15) is 5.10 Å². The first-order valence-corrected chi connectivity index (χ1v) is 13.3. The molecule has 0 radical (unpaired) electrons. The summed E-state index contributed by atoms with van der Waals surface area (Å²) in [5.41, 5.74) is 2.10. The van der Waals surface area contributed by atoms with Gasteiger partial charge < -0.3 is 23.9 Å². The number of carbonyl (C=O) groups is 2. The van der Waals surface area contributed by atoms with Gasteiger partial charge in [-0.1, -0.05) is 6.07 Å². The van der Waals surface area contributed by atoms with Crippen LogP contribution < -0.4 is 4.74 Å². The Kier molecular flexibility index (Phi) is 7.44. The van der Waals surface area contributed by atoms with E-state index >= 15 is 8.78 Å². The lowest BCUT2D eigenvalue weighted by Crippen LogP contribution is -2.31. The van der Waals surface area contributed by atoms with E-state index in [2.05, 4.69) is 15.1 Å². The Morgan fingerprint density at radius 3 is 2.74 bits per heavy atom. The summed E-state index contributed by atoms with van der Waals surface area (Å²) in [6.45, 7) is 1.28. The van der Waals surface area contributed by atoms with Gasteiger partial charge in [0, 0.05) is 30.9 Å². The van der Waals surface area contributed by atoms with Gasteiger partial charge in [-0.25, -0.2) is 23.5 Å². The molecule has 2 aromatic carbocycles. The number of aromatic carboxylic acids is 1. The van der Waals surface area contributed by atoms with Crippen LogP contribution in [0.1, 0.15) is 33.9 Å². The quantitative estimate of drug-likeness (QED) is 0.231. The Morgan fingerprint density at radius 2 is 1.98 bits per heavy atom. The average Bonchev–Trinajstić information content (AvgIpc) is 3.55. The summed E-state index contributed by atoms with van der Waals surface area (Å²) in [6.07, 6.45) is 3.15. The molecule has 1 N–H and O–H groups in total. The Hall–Kier alpha value is -4.97. The highest BCUT2D eigenvalue weighted by molar-refractivity contribution is 5.92. The van der Waals surface area contributed by atoms with Crippen molar-refractivity contribution in [1.82, 2.24) is 24.3 Å². The van der Waals surface area contributed by atoms with Gasteiger partial charge in [0.05, 0.1) is 47.2 Å². The molecule has 5 aromatic rings. The van der Waals surface area contributed by atoms with Crippen molar-refractivity contribution in [2.24, 2.45) is 0 Å². The van der Waals surface area contributed by atoms with Crippen LogP contribution in [0.5, 0.6) is 5.88 Å². The third-order valence-corrected chi connectivity index (χ3v) is 7.06. The van der Waals surface area contributed by atoms with E-state index < -0.39 is 17.6 Å². The number of nitrogens with zero attached hydrogens (tertiary/aromatic N) is 5. The fraction of sp³-hybridized carbons (Fsp3) is 0.233. The average molecular weight is 574 g/mol. The second-order valence-electron chi connectivity index (χ2n) is 9.87. The molecule has 12 heteroatoms. The molecule has 1 saturated heterocycles. The van der Waals surface area contributed by atoms with Crippen molar-refractivity contribution in [2.45, 2.75) is 38.6 Å². The maximum atomic E-state index is 15.4. The molecule has 214 valence electrons. The van der Waals surface area contributed by atoms with Crippen LogP contribution >= 0.6 is 0 Å². The van der Waals surface area contributed by atoms with Crippen LogP contribution in [0.25, 0.3) is 22.3 Å². The van der Waals surface area contributed by atoms with E-state index in [4.69, 9.17) is 9.47 Å². The fourth-order valence-corrected chi connectivity index (χ4v) is 4.82. The molecular weight excluding hydrogens is 548 g/mol. The lowest BCUT2D eigenvalue weighted by molar-refractivity contribution is -0.108. The smallest absolute Gasteiger partial charge is 0.335 e. The number of benzene rings is 2. The number of hydrogen-bond acceptors (Lipinski definition) is 7. The Bertz CT molecular complexity index is 1800. The Morgan fingerprint density at radius 1 is 1.12 bits per heavy atom. The number of pyridine rings is 1. The Balaban J connectivity index is 1.25. The first kappa shape index (κ1) is 27.2. The molecule has 1 unspecified atom stereocenters. The SMILES string of the molecule is O=CCn1ccc(COc2cccc(-c3cc(F)c(Cc4nc5ccc(C(=O)O)cc5n4CC4CCO4)cc3F)n2)n1. The number of carboxylic acid groups (broad SMARTS) is 1. The third kappa shape index (κ3) is 5.61. The van der Waals surface area contributed by atoms with Gasteiger partial charge >= 0.3 is 5.97 Å². The lowest BCUT2D eigenvalue weighted by atomic mass is 10.0. The second-order valence-corrected chi connectivity index (χ2v) is 9.87. The maximum absolute atomic E-state index is 15.4. The van der Waals surface area contributed by atoms with Gasteiger partial charge in [0.25, 0.3) is 0 Å². The van der Waals surface area contributed by atoms with Crippen LogP contribution in [0.15, 0.2) is 60.8 Å². The van der Waals surface area contributed by atoms with E-state index in [1.165, 1.54) is 16.8 Å². The molecule has 10 nitrogen and oxygen atoms in total. The normalized spacial score (nSPS) is 14.6. The van der Waals surface area contributed by atoms with Crippen molar-refractivity contribution in [3.05, 3.63) is 95.1 Å². The summed E-state index contributed by atoms with van der Waals surface area (Å²) < 4.78 is 45.4. The number of rotatable bonds is 11. The molecule has 1 fully saturated rings. The topological polar surface area (TPSA) is 121 Å². The molecule has 3 aromatic heterocycles. The van der Waals surface area contributed by atoms with Crippen molar-refractivity contribution in [3.8, 4) is 17.1 Å². The summed E-state index contributed by atoms with van der Waals surface area (Å²) >= 11 is 0. The number of hydrogen-bond donors (Lipinski definition) is 1. The summed E-state index contributed by atoms with van der Waals surface area (Å²) in [6, 6.07) is 13.3. The number of carboxylic acids is 1. The number of carbonyl (C=O) groups excluding carboxylic acids is 1. The van der Waals surface area contributed by atoms with Crippen molar-refractivity contribution in [3.63, 3.8) is 0 Å². The van der Waals surface area contributed by atoms with E-state index in [1.807, 2.05) is 4.57 Å². The van der Waals surface area contributed by atoms with E-state index in [1.54, 1.807) is 36.5 Å². The van der Waals surface area contributed by atoms with E-state index in [-0.39, 0.29) is 53.9 Å². The summed E-state index contributed by atoms with van der Waals surface area (Å²) in [5.74, 6) is -1.69. The van der Waals surface area contributed by atoms with E-state index in [0.29, 0.717) is 35.7 Å². The molecule has 0 spiro atoms. The number of ether oxygens (including phenoxy) is 2. The number of fused-ring (bicyclic) bond motifs is 1. The molecule has 0 bridgehead atoms. The van der Waals surface area contributed by atoms with Gasteiger partial charge in [0.15, 0.2) is 0 Å². The number of imidazole rings is 1. The summed E-state index contributed by atoms with van der Waals surface area (Å²) in [4.78, 5) is 31.1. The predicted octanol–water partition coefficient (Wildman–Crippen LogP) is 4.43. The molecule has 1 aliphatic heterocycles. The molecule has 1 atom stereocenters. The largest absolute Gasteiger partial charge is 0.478 e. The van der Waals surface area contributed by atoms with Crippen LogP contribution in [-0.2, 0) is 35.6 Å². The van der Waals surface area contributed by atoms with Gasteiger partial charge in [0.1, 0.15) is 30.4 Å². The minimum Gasteiger partial charge on any atom is -0.478 e. The highest BCUT2D eigenvalue weighted by atomic mass is 19.1. The zero-order valence-electron chi connectivity index (χ0n) is 22.2. The highest BCUT2D eigenvalue weighted by Gasteiger charge is 2.23. The fourth-order valence-electron chi connectivity index (χ4n) is 4.82. The van der Waals surface area contributed by atoms with Crippen LogP contribution in [0.4, 0.5) is 8.78 Å². The first-order valence-electron chi connectivity index (χ1n) is 13.3. The standard InChI is InChI=1S/C30H25F2N5O5/c31-23-15-22(25-2-1-3-29(34-25)42-17-20-6-8-36(35-20)9-10-38)24(32)12-19(23)14-28-33-26-5-4-18(30(39)40)13-27(26)37(28)16-21-7-11-41-21/h1-6,8,10,12-13,15,21H,7,9,11,14,16-17H2,(H,39,40). The van der Waals surface area contributed by atoms with Crippen molar-refractivity contribution in [2.75, 3.05) is 6.61 Å².